The molecule has 0 aromatic heterocycles. The predicted octanol–water partition coefficient (Wildman–Crippen LogP) is 13.8. The van der Waals surface area contributed by atoms with Gasteiger partial charge in [0.05, 0.1) is 0 Å². The summed E-state index contributed by atoms with van der Waals surface area (Å²) in [6.07, 6.45) is 7.06. The molecule has 6 aromatic carbocycles. The van der Waals surface area contributed by atoms with E-state index < -0.39 is 0 Å². The molecule has 0 unspecified atom stereocenters. The summed E-state index contributed by atoms with van der Waals surface area (Å²) in [5.74, 6) is 3.32. The molecule has 7 aliphatic carbocycles. The molecule has 266 valence electrons. The minimum Gasteiger partial charge on any atom is -0.310 e. The minimum absolute atomic E-state index is 0.0724. The Labute approximate surface area is 321 Å². The van der Waals surface area contributed by atoms with E-state index in [1.165, 1.54) is 110 Å². The average molecular weight is 700 g/mol. The Hall–Kier alpha value is -4.88. The Morgan fingerprint density at radius 2 is 0.852 bits per heavy atom. The molecule has 1 heteroatoms. The van der Waals surface area contributed by atoms with Crippen LogP contribution in [-0.4, -0.2) is 0 Å². The molecule has 0 heterocycles. The van der Waals surface area contributed by atoms with Gasteiger partial charge in [-0.3, -0.25) is 0 Å². The highest BCUT2D eigenvalue weighted by Gasteiger charge is 2.61. The fourth-order valence-corrected chi connectivity index (χ4v) is 13.6. The van der Waals surface area contributed by atoms with E-state index in [1.807, 2.05) is 0 Å². The molecule has 0 aliphatic heterocycles. The van der Waals surface area contributed by atoms with E-state index in [4.69, 9.17) is 0 Å². The maximum atomic E-state index is 2.67. The second-order valence-corrected chi connectivity index (χ2v) is 19.1. The number of benzene rings is 6. The number of hydrogen-bond donors (Lipinski definition) is 0. The number of hydrogen-bond acceptors (Lipinski definition) is 1. The van der Waals surface area contributed by atoms with E-state index in [2.05, 4.69) is 161 Å². The number of nitrogens with zero attached hydrogens (tertiary/aromatic N) is 1. The summed E-state index contributed by atoms with van der Waals surface area (Å²) in [5, 5.41) is 0. The van der Waals surface area contributed by atoms with Crippen LogP contribution in [0.25, 0.3) is 33.4 Å². The van der Waals surface area contributed by atoms with Crippen molar-refractivity contribution in [2.24, 2.45) is 23.7 Å². The van der Waals surface area contributed by atoms with E-state index >= 15 is 0 Å². The van der Waals surface area contributed by atoms with Crippen LogP contribution < -0.4 is 4.90 Å². The topological polar surface area (TPSA) is 3.24 Å². The van der Waals surface area contributed by atoms with E-state index in [1.54, 1.807) is 11.1 Å². The van der Waals surface area contributed by atoms with Crippen molar-refractivity contribution in [3.8, 4) is 33.4 Å². The smallest absolute Gasteiger partial charge is 0.0465 e. The molecular weight excluding hydrogens is 651 g/mol. The second kappa shape index (κ2) is 10.4. The van der Waals surface area contributed by atoms with Gasteiger partial charge < -0.3 is 4.90 Å². The fraction of sp³-hybridized carbons (Fsp3) is 0.321. The van der Waals surface area contributed by atoms with Crippen molar-refractivity contribution in [1.29, 1.82) is 0 Å². The van der Waals surface area contributed by atoms with Crippen molar-refractivity contribution < 1.29 is 0 Å². The fourth-order valence-electron chi connectivity index (χ4n) is 13.6. The summed E-state index contributed by atoms with van der Waals surface area (Å²) in [7, 11) is 0. The lowest BCUT2D eigenvalue weighted by Crippen LogP contribution is -2.55. The Kier molecular flexibility index (Phi) is 6.09. The van der Waals surface area contributed by atoms with Gasteiger partial charge >= 0.3 is 0 Å². The monoisotopic (exact) mass is 699 g/mol. The van der Waals surface area contributed by atoms with Crippen molar-refractivity contribution in [3.05, 3.63) is 160 Å². The Bertz CT molecular complexity index is 2460. The molecule has 0 N–H and O–H groups in total. The minimum atomic E-state index is -0.0724. The summed E-state index contributed by atoms with van der Waals surface area (Å²) >= 11 is 0. The molecule has 7 aliphatic rings. The largest absolute Gasteiger partial charge is 0.310 e. The summed E-state index contributed by atoms with van der Waals surface area (Å²) < 4.78 is 0. The van der Waals surface area contributed by atoms with Gasteiger partial charge in [-0.25, -0.2) is 0 Å². The number of fused-ring (bicyclic) bond motifs is 9. The van der Waals surface area contributed by atoms with Crippen LogP contribution >= 0.6 is 0 Å². The van der Waals surface area contributed by atoms with Crippen molar-refractivity contribution in [1.82, 2.24) is 0 Å². The van der Waals surface area contributed by atoms with Crippen LogP contribution in [0.4, 0.5) is 17.1 Å². The van der Waals surface area contributed by atoms with Crippen LogP contribution in [0, 0.1) is 30.6 Å². The number of aryl methyl sites for hydroxylation is 1. The van der Waals surface area contributed by atoms with Gasteiger partial charge in [-0.2, -0.15) is 0 Å². The first kappa shape index (κ1) is 31.5. The van der Waals surface area contributed by atoms with Gasteiger partial charge in [-0.15, -0.1) is 0 Å². The molecule has 0 amide bonds. The molecule has 6 aromatic rings. The highest BCUT2D eigenvalue weighted by molar-refractivity contribution is 5.90. The lowest BCUT2D eigenvalue weighted by molar-refractivity contribution is -0.0399. The predicted molar refractivity (Wildman–Crippen MR) is 224 cm³/mol. The molecule has 1 spiro atoms. The standard InChI is InChI=1S/C53H49N/c1-31-14-21-47-44(22-31)43-20-17-38(30-50(43)53(47)34-24-32-23-33(26-34)27-35(53)25-32)54(36-15-18-41-39-10-6-8-12-45(39)51(2,3)48(41)28-36)37-16-19-42-40-11-7-9-13-46(40)52(4,5)49(42)29-37/h6-22,28-30,32-35H,23-27H2,1-5H3. The first-order chi connectivity index (χ1) is 26.1. The zero-order valence-electron chi connectivity index (χ0n) is 32.3. The van der Waals surface area contributed by atoms with Gasteiger partial charge in [0.2, 0.25) is 0 Å². The van der Waals surface area contributed by atoms with E-state index in [0.29, 0.717) is 0 Å². The molecule has 0 saturated heterocycles. The molecule has 4 fully saturated rings. The van der Waals surface area contributed by atoms with Gasteiger partial charge in [-0.05, 0) is 166 Å². The molecule has 0 atom stereocenters. The van der Waals surface area contributed by atoms with Crippen LogP contribution in [0.2, 0.25) is 0 Å². The van der Waals surface area contributed by atoms with Gasteiger partial charge in [-0.1, -0.05) is 118 Å². The molecule has 0 radical (unpaired) electrons. The van der Waals surface area contributed by atoms with E-state index in [9.17, 15) is 0 Å². The van der Waals surface area contributed by atoms with Crippen molar-refractivity contribution in [2.45, 2.75) is 83.0 Å². The van der Waals surface area contributed by atoms with E-state index in [0.717, 1.165) is 23.7 Å². The number of anilines is 3. The SMILES string of the molecule is Cc1ccc2c(c1)-c1ccc(N(c3ccc4c(c3)C(C)(C)c3ccccc3-4)c3ccc4c(c3)C(C)(C)c3ccccc3-4)cc1C21C2CC3CC(C2)CC1C3. The van der Waals surface area contributed by atoms with Crippen LogP contribution in [-0.2, 0) is 16.2 Å². The van der Waals surface area contributed by atoms with Gasteiger partial charge in [0.25, 0.3) is 0 Å². The first-order valence-electron chi connectivity index (χ1n) is 20.7. The Morgan fingerprint density at radius 1 is 0.407 bits per heavy atom. The molecule has 13 rings (SSSR count). The summed E-state index contributed by atoms with van der Waals surface area (Å²) in [6, 6.07) is 47.8. The molecular formula is C53H49N. The van der Waals surface area contributed by atoms with Crippen molar-refractivity contribution >= 4 is 17.1 Å². The highest BCUT2D eigenvalue weighted by atomic mass is 15.1. The van der Waals surface area contributed by atoms with E-state index in [-0.39, 0.29) is 16.2 Å². The normalized spacial score (nSPS) is 26.2. The second-order valence-electron chi connectivity index (χ2n) is 19.1. The third kappa shape index (κ3) is 3.86. The summed E-state index contributed by atoms with van der Waals surface area (Å²) in [4.78, 5) is 2.61. The zero-order valence-corrected chi connectivity index (χ0v) is 32.3. The van der Waals surface area contributed by atoms with Crippen LogP contribution in [0.3, 0.4) is 0 Å². The van der Waals surface area contributed by atoms with Crippen LogP contribution in [0.5, 0.6) is 0 Å². The maximum absolute atomic E-state index is 2.67. The lowest BCUT2D eigenvalue weighted by Gasteiger charge is -2.61. The molecule has 4 saturated carbocycles. The molecule has 4 bridgehead atoms. The molecule has 1 nitrogen and oxygen atoms in total. The average Bonchev–Trinajstić information content (AvgIpc) is 3.68. The van der Waals surface area contributed by atoms with Gasteiger partial charge in [0.15, 0.2) is 0 Å². The van der Waals surface area contributed by atoms with Crippen LogP contribution in [0.15, 0.2) is 121 Å². The first-order valence-corrected chi connectivity index (χ1v) is 20.7. The quantitative estimate of drug-likeness (QED) is 0.178. The highest BCUT2D eigenvalue weighted by Crippen LogP contribution is 2.70. The van der Waals surface area contributed by atoms with Crippen molar-refractivity contribution in [2.75, 3.05) is 4.90 Å². The third-order valence-corrected chi connectivity index (χ3v) is 15.7. The van der Waals surface area contributed by atoms with Gasteiger partial charge in [0, 0.05) is 33.3 Å². The zero-order chi connectivity index (χ0) is 36.3. The maximum Gasteiger partial charge on any atom is 0.0465 e. The van der Waals surface area contributed by atoms with Gasteiger partial charge in [0.1, 0.15) is 0 Å². The Balaban J connectivity index is 1.09. The summed E-state index contributed by atoms with van der Waals surface area (Å²) in [5.41, 5.74) is 22.5. The third-order valence-electron chi connectivity index (χ3n) is 15.7. The lowest BCUT2D eigenvalue weighted by atomic mass is 9.43. The number of rotatable bonds is 3. The van der Waals surface area contributed by atoms with Crippen LogP contribution in [0.1, 0.15) is 98.7 Å². The Morgan fingerprint density at radius 3 is 1.37 bits per heavy atom. The molecule has 54 heavy (non-hydrogen) atoms. The van der Waals surface area contributed by atoms with Crippen molar-refractivity contribution in [3.63, 3.8) is 0 Å². The summed E-state index contributed by atoms with van der Waals surface area (Å²) in [6.45, 7) is 11.9.